The molecule has 0 fully saturated rings. The Hall–Kier alpha value is -2.93. The number of nitro groups is 1. The fourth-order valence-electron chi connectivity index (χ4n) is 2.16. The second kappa shape index (κ2) is 8.64. The molecular weight excluding hydrogens is 310 g/mol. The topological polar surface area (TPSA) is 85.9 Å². The van der Waals surface area contributed by atoms with E-state index < -0.39 is 4.92 Å². The van der Waals surface area contributed by atoms with Crippen molar-refractivity contribution in [2.24, 2.45) is 0 Å². The highest BCUT2D eigenvalue weighted by molar-refractivity contribution is 5.93. The van der Waals surface area contributed by atoms with Crippen molar-refractivity contribution in [3.05, 3.63) is 64.7 Å². The van der Waals surface area contributed by atoms with Gasteiger partial charge in [0.05, 0.1) is 12.0 Å². The lowest BCUT2D eigenvalue weighted by atomic mass is 10.2. The molecule has 7 nitrogen and oxygen atoms in total. The summed E-state index contributed by atoms with van der Waals surface area (Å²) in [6, 6.07) is 15.5. The summed E-state index contributed by atoms with van der Waals surface area (Å²) in [5, 5.41) is 13.5. The van der Waals surface area contributed by atoms with Crippen molar-refractivity contribution in [3.63, 3.8) is 0 Å². The number of nitrogens with one attached hydrogen (secondary N) is 2. The van der Waals surface area contributed by atoms with Crippen molar-refractivity contribution >= 4 is 17.3 Å². The first kappa shape index (κ1) is 17.4. The number of hydrogen-bond acceptors (Lipinski definition) is 4. The number of benzene rings is 2. The lowest BCUT2D eigenvalue weighted by Gasteiger charge is -2.14. The average Bonchev–Trinajstić information content (AvgIpc) is 2.56. The van der Waals surface area contributed by atoms with E-state index in [1.54, 1.807) is 12.1 Å². The Kier molecular flexibility index (Phi) is 6.27. The molecule has 0 spiro atoms. The molecule has 7 heteroatoms. The minimum Gasteiger partial charge on any atom is -0.488 e. The molecule has 0 saturated carbocycles. The van der Waals surface area contributed by atoms with Crippen LogP contribution in [0, 0.1) is 10.1 Å². The molecule has 0 aromatic heterocycles. The Morgan fingerprint density at radius 3 is 2.54 bits per heavy atom. The number of hydrogen-bond donors (Lipinski definition) is 2. The van der Waals surface area contributed by atoms with E-state index in [4.69, 9.17) is 4.74 Å². The third-order valence-corrected chi connectivity index (χ3v) is 3.38. The number of para-hydroxylation sites is 3. The molecule has 0 aliphatic carbocycles. The maximum absolute atomic E-state index is 12.0. The molecule has 0 radical (unpaired) electrons. The molecule has 2 aromatic carbocycles. The third kappa shape index (κ3) is 5.36. The number of ether oxygens (including phenoxy) is 1. The van der Waals surface area contributed by atoms with Gasteiger partial charge >= 0.3 is 0 Å². The van der Waals surface area contributed by atoms with Crippen molar-refractivity contribution in [1.29, 1.82) is 0 Å². The SMILES string of the molecule is C[NH+](CCOc1ccccc1)CC(=O)Nc1ccccc1[N+](=O)[O-]. The normalized spacial score (nSPS) is 11.5. The van der Waals surface area contributed by atoms with Crippen molar-refractivity contribution in [2.45, 2.75) is 0 Å². The standard InChI is InChI=1S/C17H19N3O4/c1-19(11-12-24-14-7-3-2-4-8-14)13-17(21)18-15-9-5-6-10-16(15)20(22)23/h2-10H,11-13H2,1H3,(H,18,21)/p+1. The van der Waals surface area contributed by atoms with E-state index in [0.717, 1.165) is 10.6 Å². The van der Waals surface area contributed by atoms with Gasteiger partial charge in [-0.05, 0) is 18.2 Å². The maximum atomic E-state index is 12.0. The minimum atomic E-state index is -0.514. The van der Waals surface area contributed by atoms with E-state index in [-0.39, 0.29) is 23.8 Å². The van der Waals surface area contributed by atoms with Crippen LogP contribution in [0.15, 0.2) is 54.6 Å². The number of carbonyl (C=O) groups excluding carboxylic acids is 1. The number of amides is 1. The molecule has 2 N–H and O–H groups in total. The summed E-state index contributed by atoms with van der Waals surface area (Å²) in [7, 11) is 1.87. The predicted molar refractivity (Wildman–Crippen MR) is 90.3 cm³/mol. The lowest BCUT2D eigenvalue weighted by molar-refractivity contribution is -0.871. The van der Waals surface area contributed by atoms with E-state index in [0.29, 0.717) is 13.2 Å². The third-order valence-electron chi connectivity index (χ3n) is 3.38. The average molecular weight is 330 g/mol. The zero-order chi connectivity index (χ0) is 17.4. The van der Waals surface area contributed by atoms with Crippen molar-refractivity contribution in [2.75, 3.05) is 32.1 Å². The molecule has 2 aromatic rings. The number of likely N-dealkylation sites (N-methyl/N-ethyl adjacent to an activating group) is 1. The number of rotatable bonds is 8. The van der Waals surface area contributed by atoms with E-state index in [9.17, 15) is 14.9 Å². The van der Waals surface area contributed by atoms with Gasteiger partial charge in [-0.15, -0.1) is 0 Å². The number of nitrogens with zero attached hydrogens (tertiary/aromatic N) is 1. The van der Waals surface area contributed by atoms with Crippen LogP contribution >= 0.6 is 0 Å². The highest BCUT2D eigenvalue weighted by Gasteiger charge is 2.16. The molecule has 0 bridgehead atoms. The molecular formula is C17H20N3O4+. The van der Waals surface area contributed by atoms with Gasteiger partial charge in [0.15, 0.2) is 6.54 Å². The first-order valence-corrected chi connectivity index (χ1v) is 7.58. The maximum Gasteiger partial charge on any atom is 0.292 e. The van der Waals surface area contributed by atoms with Crippen LogP contribution in [0.25, 0.3) is 0 Å². The summed E-state index contributed by atoms with van der Waals surface area (Å²) >= 11 is 0. The largest absolute Gasteiger partial charge is 0.488 e. The number of carbonyl (C=O) groups is 1. The minimum absolute atomic E-state index is 0.115. The molecule has 24 heavy (non-hydrogen) atoms. The van der Waals surface area contributed by atoms with E-state index >= 15 is 0 Å². The van der Waals surface area contributed by atoms with Crippen LogP contribution in [0.2, 0.25) is 0 Å². The quantitative estimate of drug-likeness (QED) is 0.561. The lowest BCUT2D eigenvalue weighted by Crippen LogP contribution is -3.10. The molecule has 0 saturated heterocycles. The molecule has 1 atom stereocenters. The van der Waals surface area contributed by atoms with Crippen LogP contribution in [0.4, 0.5) is 11.4 Å². The monoisotopic (exact) mass is 330 g/mol. The first-order chi connectivity index (χ1) is 11.6. The molecule has 0 aliphatic rings. The van der Waals surface area contributed by atoms with Gasteiger partial charge in [0.2, 0.25) is 0 Å². The predicted octanol–water partition coefficient (Wildman–Crippen LogP) is 1.13. The Labute approximate surface area is 140 Å². The number of quaternary nitrogens is 1. The summed E-state index contributed by atoms with van der Waals surface area (Å²) in [6.07, 6.45) is 0. The van der Waals surface area contributed by atoms with Crippen molar-refractivity contribution in [1.82, 2.24) is 0 Å². The fraction of sp³-hybridized carbons (Fsp3) is 0.235. The Balaban J connectivity index is 1.78. The number of anilines is 1. The van der Waals surface area contributed by atoms with Crippen LogP contribution in [0.5, 0.6) is 5.75 Å². The smallest absolute Gasteiger partial charge is 0.292 e. The summed E-state index contributed by atoms with van der Waals surface area (Å²) in [4.78, 5) is 23.4. The highest BCUT2D eigenvalue weighted by Crippen LogP contribution is 2.22. The molecule has 1 amide bonds. The van der Waals surface area contributed by atoms with Gasteiger partial charge in [-0.1, -0.05) is 30.3 Å². The zero-order valence-electron chi connectivity index (χ0n) is 13.4. The van der Waals surface area contributed by atoms with Crippen LogP contribution in [0.1, 0.15) is 0 Å². The van der Waals surface area contributed by atoms with Crippen LogP contribution in [-0.2, 0) is 4.79 Å². The summed E-state index contributed by atoms with van der Waals surface area (Å²) in [6.45, 7) is 1.32. The second-order valence-electron chi connectivity index (χ2n) is 5.37. The first-order valence-electron chi connectivity index (χ1n) is 7.58. The highest BCUT2D eigenvalue weighted by atomic mass is 16.6. The Morgan fingerprint density at radius 2 is 1.83 bits per heavy atom. The van der Waals surface area contributed by atoms with Crippen molar-refractivity contribution in [3.8, 4) is 5.75 Å². The van der Waals surface area contributed by atoms with Gasteiger partial charge in [-0.25, -0.2) is 0 Å². The number of nitro benzene ring substituents is 1. The van der Waals surface area contributed by atoms with Crippen LogP contribution in [0.3, 0.4) is 0 Å². The zero-order valence-corrected chi connectivity index (χ0v) is 13.4. The van der Waals surface area contributed by atoms with Gasteiger partial charge < -0.3 is 15.0 Å². The van der Waals surface area contributed by atoms with Gasteiger partial charge in [0.1, 0.15) is 24.6 Å². The summed E-state index contributed by atoms with van der Waals surface area (Å²) < 4.78 is 5.59. The molecule has 126 valence electrons. The van der Waals surface area contributed by atoms with Crippen LogP contribution < -0.4 is 15.0 Å². The second-order valence-corrected chi connectivity index (χ2v) is 5.37. The molecule has 2 rings (SSSR count). The molecule has 0 heterocycles. The van der Waals surface area contributed by atoms with Gasteiger partial charge in [0, 0.05) is 6.07 Å². The van der Waals surface area contributed by atoms with Gasteiger partial charge in [-0.3, -0.25) is 14.9 Å². The van der Waals surface area contributed by atoms with Crippen LogP contribution in [-0.4, -0.2) is 37.6 Å². The van der Waals surface area contributed by atoms with E-state index in [2.05, 4.69) is 5.32 Å². The summed E-state index contributed by atoms with van der Waals surface area (Å²) in [5.41, 5.74) is 0.0942. The Bertz CT molecular complexity index is 691. The van der Waals surface area contributed by atoms with E-state index in [1.165, 1.54) is 12.1 Å². The summed E-state index contributed by atoms with van der Waals surface area (Å²) in [5.74, 6) is 0.510. The molecule has 1 unspecified atom stereocenters. The van der Waals surface area contributed by atoms with Crippen molar-refractivity contribution < 1.29 is 19.4 Å². The van der Waals surface area contributed by atoms with E-state index in [1.807, 2.05) is 37.4 Å². The molecule has 0 aliphatic heterocycles. The fourth-order valence-corrected chi connectivity index (χ4v) is 2.16. The Morgan fingerprint density at radius 1 is 1.17 bits per heavy atom. The van der Waals surface area contributed by atoms with Gasteiger partial charge in [-0.2, -0.15) is 0 Å². The van der Waals surface area contributed by atoms with Gasteiger partial charge in [0.25, 0.3) is 11.6 Å².